The fourth-order valence-corrected chi connectivity index (χ4v) is 2.75. The maximum Gasteiger partial charge on any atom is 0.251 e. The highest BCUT2D eigenvalue weighted by molar-refractivity contribution is 9.11. The summed E-state index contributed by atoms with van der Waals surface area (Å²) in [5.41, 5.74) is 0.572. The van der Waals surface area contributed by atoms with Gasteiger partial charge in [0.15, 0.2) is 0 Å². The summed E-state index contributed by atoms with van der Waals surface area (Å²) in [5, 5.41) is 9.31. The predicted molar refractivity (Wildman–Crippen MR) is 74.1 cm³/mol. The molecule has 0 saturated heterocycles. The van der Waals surface area contributed by atoms with Crippen LogP contribution in [0.25, 0.3) is 0 Å². The van der Waals surface area contributed by atoms with E-state index in [1.54, 1.807) is 12.1 Å². The second kappa shape index (κ2) is 5.62. The molecule has 1 amide bonds. The molecular formula is C11H10Br2N4O. The van der Waals surface area contributed by atoms with E-state index in [9.17, 15) is 4.79 Å². The Bertz CT molecular complexity index is 536. The van der Waals surface area contributed by atoms with Crippen LogP contribution in [0.4, 0.5) is 0 Å². The summed E-state index contributed by atoms with van der Waals surface area (Å²) < 4.78 is 1.68. The number of benzene rings is 1. The molecule has 1 atom stereocenters. The number of aromatic nitrogens is 3. The third-order valence-corrected chi connectivity index (χ3v) is 3.23. The lowest BCUT2D eigenvalue weighted by molar-refractivity contribution is 0.0938. The van der Waals surface area contributed by atoms with E-state index >= 15 is 0 Å². The quantitative estimate of drug-likeness (QED) is 0.868. The smallest absolute Gasteiger partial charge is 0.251 e. The summed E-state index contributed by atoms with van der Waals surface area (Å²) in [7, 11) is 0. The molecule has 5 nitrogen and oxygen atoms in total. The average molecular weight is 374 g/mol. The SMILES string of the molecule is CC(NC(=O)c1cc(Br)cc(Br)c1)c1ncn[nH]1. The number of H-pyrrole nitrogens is 1. The van der Waals surface area contributed by atoms with Gasteiger partial charge in [-0.05, 0) is 25.1 Å². The van der Waals surface area contributed by atoms with Gasteiger partial charge in [0.25, 0.3) is 5.91 Å². The molecule has 0 saturated carbocycles. The molecule has 0 fully saturated rings. The Balaban J connectivity index is 2.12. The van der Waals surface area contributed by atoms with Gasteiger partial charge in [-0.1, -0.05) is 31.9 Å². The maximum absolute atomic E-state index is 12.0. The number of amides is 1. The van der Waals surface area contributed by atoms with Gasteiger partial charge in [-0.25, -0.2) is 4.98 Å². The van der Waals surface area contributed by atoms with E-state index in [1.807, 2.05) is 13.0 Å². The predicted octanol–water partition coefficient (Wildman–Crippen LogP) is 2.82. The fourth-order valence-electron chi connectivity index (χ4n) is 1.46. The Morgan fingerprint density at radius 3 is 2.56 bits per heavy atom. The fraction of sp³-hybridized carbons (Fsp3) is 0.182. The van der Waals surface area contributed by atoms with E-state index < -0.39 is 0 Å². The van der Waals surface area contributed by atoms with Gasteiger partial charge in [0.05, 0.1) is 6.04 Å². The molecule has 0 bridgehead atoms. The molecule has 0 aliphatic rings. The minimum Gasteiger partial charge on any atom is -0.342 e. The van der Waals surface area contributed by atoms with Crippen molar-refractivity contribution < 1.29 is 4.79 Å². The van der Waals surface area contributed by atoms with Crippen LogP contribution in [-0.4, -0.2) is 21.1 Å². The Morgan fingerprint density at radius 2 is 2.00 bits per heavy atom. The van der Waals surface area contributed by atoms with Crippen molar-refractivity contribution in [2.75, 3.05) is 0 Å². The molecule has 18 heavy (non-hydrogen) atoms. The summed E-state index contributed by atoms with van der Waals surface area (Å²) in [6.45, 7) is 1.84. The molecule has 1 unspecified atom stereocenters. The van der Waals surface area contributed by atoms with Crippen molar-refractivity contribution in [1.29, 1.82) is 0 Å². The van der Waals surface area contributed by atoms with Crippen molar-refractivity contribution >= 4 is 37.8 Å². The zero-order chi connectivity index (χ0) is 13.1. The standard InChI is InChI=1S/C11H10Br2N4O/c1-6(10-14-5-15-17-10)16-11(18)7-2-8(12)4-9(13)3-7/h2-6H,1H3,(H,16,18)(H,14,15,17). The normalized spacial score (nSPS) is 12.2. The summed E-state index contributed by atoms with van der Waals surface area (Å²) in [6.07, 6.45) is 1.41. The molecule has 2 N–H and O–H groups in total. The molecule has 7 heteroatoms. The summed E-state index contributed by atoms with van der Waals surface area (Å²) >= 11 is 6.70. The van der Waals surface area contributed by atoms with Gasteiger partial charge in [0, 0.05) is 14.5 Å². The zero-order valence-corrected chi connectivity index (χ0v) is 12.6. The van der Waals surface area contributed by atoms with Gasteiger partial charge in [-0.2, -0.15) is 5.10 Å². The number of hydrogen-bond donors (Lipinski definition) is 2. The van der Waals surface area contributed by atoms with E-state index in [2.05, 4.69) is 52.4 Å². The molecule has 2 aromatic rings. The average Bonchev–Trinajstić information content (AvgIpc) is 2.80. The highest BCUT2D eigenvalue weighted by Crippen LogP contribution is 2.20. The second-order valence-electron chi connectivity index (χ2n) is 3.72. The maximum atomic E-state index is 12.0. The first kappa shape index (κ1) is 13.2. The van der Waals surface area contributed by atoms with Gasteiger partial charge in [0.1, 0.15) is 12.2 Å². The molecule has 0 aliphatic carbocycles. The number of carbonyl (C=O) groups excluding carboxylic acids is 1. The minimum atomic E-state index is -0.224. The molecule has 0 spiro atoms. The molecule has 2 rings (SSSR count). The van der Waals surface area contributed by atoms with Crippen molar-refractivity contribution in [3.05, 3.63) is 44.9 Å². The van der Waals surface area contributed by atoms with Crippen molar-refractivity contribution in [3.8, 4) is 0 Å². The summed E-state index contributed by atoms with van der Waals surface area (Å²) in [4.78, 5) is 16.0. The number of nitrogens with one attached hydrogen (secondary N) is 2. The third-order valence-electron chi connectivity index (χ3n) is 2.32. The first-order valence-electron chi connectivity index (χ1n) is 5.18. The van der Waals surface area contributed by atoms with Gasteiger partial charge < -0.3 is 5.32 Å². The molecule has 1 heterocycles. The van der Waals surface area contributed by atoms with Crippen LogP contribution in [0.2, 0.25) is 0 Å². The third kappa shape index (κ3) is 3.17. The van der Waals surface area contributed by atoms with Crippen LogP contribution >= 0.6 is 31.9 Å². The summed E-state index contributed by atoms with van der Waals surface area (Å²) in [5.74, 6) is 0.457. The lowest BCUT2D eigenvalue weighted by Gasteiger charge is -2.11. The first-order chi connectivity index (χ1) is 8.56. The van der Waals surface area contributed by atoms with Gasteiger partial charge >= 0.3 is 0 Å². The molecule has 1 aromatic heterocycles. The minimum absolute atomic E-state index is 0.166. The highest BCUT2D eigenvalue weighted by atomic mass is 79.9. The lowest BCUT2D eigenvalue weighted by Crippen LogP contribution is -2.27. The van der Waals surface area contributed by atoms with Crippen LogP contribution in [-0.2, 0) is 0 Å². The number of hydrogen-bond acceptors (Lipinski definition) is 3. The van der Waals surface area contributed by atoms with E-state index in [1.165, 1.54) is 6.33 Å². The van der Waals surface area contributed by atoms with Crippen molar-refractivity contribution in [2.45, 2.75) is 13.0 Å². The Hall–Kier alpha value is -1.21. The van der Waals surface area contributed by atoms with Crippen LogP contribution in [0.1, 0.15) is 29.1 Å². The second-order valence-corrected chi connectivity index (χ2v) is 5.56. The van der Waals surface area contributed by atoms with Crippen molar-refractivity contribution in [2.24, 2.45) is 0 Å². The molecular weight excluding hydrogens is 364 g/mol. The first-order valence-corrected chi connectivity index (χ1v) is 6.77. The molecule has 0 aliphatic heterocycles. The zero-order valence-electron chi connectivity index (χ0n) is 9.45. The lowest BCUT2D eigenvalue weighted by atomic mass is 10.2. The van der Waals surface area contributed by atoms with Crippen molar-refractivity contribution in [3.63, 3.8) is 0 Å². The monoisotopic (exact) mass is 372 g/mol. The number of carbonyl (C=O) groups is 1. The van der Waals surface area contributed by atoms with Crippen LogP contribution in [0, 0.1) is 0 Å². The summed E-state index contributed by atoms with van der Waals surface area (Å²) in [6, 6.07) is 5.16. The van der Waals surface area contributed by atoms with Crippen LogP contribution in [0.5, 0.6) is 0 Å². The number of rotatable bonds is 3. The van der Waals surface area contributed by atoms with E-state index in [-0.39, 0.29) is 11.9 Å². The van der Waals surface area contributed by atoms with E-state index in [0.29, 0.717) is 11.4 Å². The van der Waals surface area contributed by atoms with E-state index in [4.69, 9.17) is 0 Å². The van der Waals surface area contributed by atoms with Crippen molar-refractivity contribution in [1.82, 2.24) is 20.5 Å². The largest absolute Gasteiger partial charge is 0.342 e. The Labute approximate surface area is 121 Å². The van der Waals surface area contributed by atoms with Crippen LogP contribution in [0.15, 0.2) is 33.5 Å². The van der Waals surface area contributed by atoms with Gasteiger partial charge in [-0.3, -0.25) is 9.89 Å². The van der Waals surface area contributed by atoms with Gasteiger partial charge in [0.2, 0.25) is 0 Å². The molecule has 94 valence electrons. The van der Waals surface area contributed by atoms with Crippen LogP contribution in [0.3, 0.4) is 0 Å². The molecule has 1 aromatic carbocycles. The highest BCUT2D eigenvalue weighted by Gasteiger charge is 2.14. The number of nitrogens with zero attached hydrogens (tertiary/aromatic N) is 2. The topological polar surface area (TPSA) is 70.7 Å². The Kier molecular flexibility index (Phi) is 4.13. The van der Waals surface area contributed by atoms with E-state index in [0.717, 1.165) is 8.95 Å². The van der Waals surface area contributed by atoms with Gasteiger partial charge in [-0.15, -0.1) is 0 Å². The number of aromatic amines is 1. The molecule has 0 radical (unpaired) electrons. The Morgan fingerprint density at radius 1 is 1.33 bits per heavy atom. The number of halogens is 2. The van der Waals surface area contributed by atoms with Crippen LogP contribution < -0.4 is 5.32 Å².